The van der Waals surface area contributed by atoms with Crippen molar-refractivity contribution in [1.82, 2.24) is 0 Å². The fourth-order valence-corrected chi connectivity index (χ4v) is 4.93. The van der Waals surface area contributed by atoms with Crippen molar-refractivity contribution in [3.05, 3.63) is 71.4 Å². The largest absolute Gasteiger partial charge is 0.508 e. The molecule has 1 heterocycles. The highest BCUT2D eigenvalue weighted by Gasteiger charge is 2.46. The molecule has 1 aliphatic heterocycles. The number of hydrogen-bond acceptors (Lipinski definition) is 5. The van der Waals surface area contributed by atoms with Gasteiger partial charge < -0.3 is 19.8 Å². The van der Waals surface area contributed by atoms with Crippen molar-refractivity contribution < 1.29 is 19.7 Å². The molecule has 0 saturated heterocycles. The first-order valence-corrected chi connectivity index (χ1v) is 11.3. The number of aromatic hydroxyl groups is 1. The lowest BCUT2D eigenvalue weighted by atomic mass is 9.82. The van der Waals surface area contributed by atoms with E-state index in [4.69, 9.17) is 4.74 Å². The zero-order valence-corrected chi connectivity index (χ0v) is 18.1. The summed E-state index contributed by atoms with van der Waals surface area (Å²) in [7, 11) is 0. The molecular formula is C26H31NO4. The predicted octanol–water partition coefficient (Wildman–Crippen LogP) is 4.58. The summed E-state index contributed by atoms with van der Waals surface area (Å²) in [5.74, 6) is 0.0609. The number of para-hydroxylation sites is 1. The number of anilines is 1. The first kappa shape index (κ1) is 21.4. The Kier molecular flexibility index (Phi) is 6.33. The van der Waals surface area contributed by atoms with Crippen molar-refractivity contribution in [1.29, 1.82) is 0 Å². The highest BCUT2D eigenvalue weighted by atomic mass is 16.5. The van der Waals surface area contributed by atoms with E-state index in [0.717, 1.165) is 36.9 Å². The summed E-state index contributed by atoms with van der Waals surface area (Å²) >= 11 is 0. The van der Waals surface area contributed by atoms with Crippen molar-refractivity contribution in [3.8, 4) is 5.75 Å². The molecule has 0 aromatic heterocycles. The van der Waals surface area contributed by atoms with E-state index in [0.29, 0.717) is 30.7 Å². The molecule has 1 atom stereocenters. The second-order valence-corrected chi connectivity index (χ2v) is 8.60. The summed E-state index contributed by atoms with van der Waals surface area (Å²) in [6.45, 7) is 2.65. The Balaban J connectivity index is 1.76. The number of benzene rings is 2. The third kappa shape index (κ3) is 4.47. The van der Waals surface area contributed by atoms with Gasteiger partial charge in [0.2, 0.25) is 0 Å². The number of aryl methyl sites for hydroxylation is 1. The second kappa shape index (κ2) is 9.15. The predicted molar refractivity (Wildman–Crippen MR) is 121 cm³/mol. The molecular weight excluding hydrogens is 390 g/mol. The molecule has 2 N–H and O–H groups in total. The number of esters is 1. The minimum Gasteiger partial charge on any atom is -0.508 e. The molecule has 1 saturated carbocycles. The maximum atomic E-state index is 13.0. The quantitative estimate of drug-likeness (QED) is 0.640. The van der Waals surface area contributed by atoms with Crippen molar-refractivity contribution in [2.24, 2.45) is 5.92 Å². The maximum Gasteiger partial charge on any atom is 0.336 e. The van der Waals surface area contributed by atoms with Crippen molar-refractivity contribution in [2.75, 3.05) is 18.1 Å². The van der Waals surface area contributed by atoms with E-state index in [1.807, 2.05) is 49.4 Å². The van der Waals surface area contributed by atoms with Crippen LogP contribution < -0.4 is 4.90 Å². The topological polar surface area (TPSA) is 70.0 Å². The van der Waals surface area contributed by atoms with E-state index in [1.54, 1.807) is 12.1 Å². The van der Waals surface area contributed by atoms with Crippen molar-refractivity contribution in [2.45, 2.75) is 51.0 Å². The Morgan fingerprint density at radius 2 is 1.74 bits per heavy atom. The lowest BCUT2D eigenvalue weighted by Crippen LogP contribution is -2.51. The van der Waals surface area contributed by atoms with Gasteiger partial charge in [-0.2, -0.15) is 0 Å². The van der Waals surface area contributed by atoms with Crippen molar-refractivity contribution in [3.63, 3.8) is 0 Å². The number of phenols is 1. The van der Waals surface area contributed by atoms with Crippen molar-refractivity contribution >= 4 is 11.7 Å². The summed E-state index contributed by atoms with van der Waals surface area (Å²) in [5.41, 5.74) is 2.09. The van der Waals surface area contributed by atoms with E-state index in [1.165, 1.54) is 0 Å². The number of ether oxygens (including phenoxy) is 1. The average molecular weight is 422 g/mol. The third-order valence-electron chi connectivity index (χ3n) is 6.54. The number of carbonyl (C=O) groups is 1. The van der Waals surface area contributed by atoms with Gasteiger partial charge in [-0.05, 0) is 68.4 Å². The van der Waals surface area contributed by atoms with Crippen LogP contribution in [0.1, 0.15) is 44.6 Å². The molecule has 4 rings (SSSR count). The second-order valence-electron chi connectivity index (χ2n) is 8.60. The van der Waals surface area contributed by atoms with E-state index in [-0.39, 0.29) is 24.2 Å². The van der Waals surface area contributed by atoms with Crippen LogP contribution in [0.2, 0.25) is 0 Å². The van der Waals surface area contributed by atoms with Crippen LogP contribution in [0.25, 0.3) is 0 Å². The van der Waals surface area contributed by atoms with E-state index in [2.05, 4.69) is 4.90 Å². The molecule has 2 aliphatic rings. The van der Waals surface area contributed by atoms with Gasteiger partial charge in [0, 0.05) is 12.2 Å². The fraction of sp³-hybridized carbons (Fsp3) is 0.423. The molecule has 0 spiro atoms. The van der Waals surface area contributed by atoms with Gasteiger partial charge in [-0.1, -0.05) is 43.2 Å². The average Bonchev–Trinajstić information content (AvgIpc) is 3.32. The van der Waals surface area contributed by atoms with Crippen LogP contribution in [0.3, 0.4) is 0 Å². The number of phenolic OH excluding ortho intramolecular Hbond substituents is 1. The SMILES string of the molecule is CCN(C1=C(C2CCCC2)C(=O)OCC1(O)CCc1ccc(O)cc1)c1ccccc1. The Bertz CT molecular complexity index is 932. The molecule has 5 nitrogen and oxygen atoms in total. The third-order valence-corrected chi connectivity index (χ3v) is 6.54. The lowest BCUT2D eigenvalue weighted by molar-refractivity contribution is -0.149. The van der Waals surface area contributed by atoms with Gasteiger partial charge in [0.05, 0.1) is 11.3 Å². The van der Waals surface area contributed by atoms with E-state index >= 15 is 0 Å². The smallest absolute Gasteiger partial charge is 0.336 e. The van der Waals surface area contributed by atoms with E-state index in [9.17, 15) is 15.0 Å². The minimum atomic E-state index is -1.27. The molecule has 1 fully saturated rings. The number of nitrogens with zero attached hydrogens (tertiary/aromatic N) is 1. The fourth-order valence-electron chi connectivity index (χ4n) is 4.93. The standard InChI is InChI=1S/C26H31NO4/c1-2-27(21-10-4-3-5-11-21)24-23(20-8-6-7-9-20)25(29)31-18-26(24,30)17-16-19-12-14-22(28)15-13-19/h3-5,10-15,20,28,30H,2,6-9,16-18H2,1H3. The Morgan fingerprint density at radius 3 is 2.39 bits per heavy atom. The summed E-state index contributed by atoms with van der Waals surface area (Å²) < 4.78 is 5.57. The Morgan fingerprint density at radius 1 is 1.06 bits per heavy atom. The zero-order valence-electron chi connectivity index (χ0n) is 18.1. The summed E-state index contributed by atoms with van der Waals surface area (Å²) in [5, 5.41) is 21.5. The molecule has 0 radical (unpaired) electrons. The van der Waals surface area contributed by atoms with Crippen LogP contribution >= 0.6 is 0 Å². The van der Waals surface area contributed by atoms with Crippen LogP contribution in [-0.4, -0.2) is 34.9 Å². The molecule has 31 heavy (non-hydrogen) atoms. The Hall–Kier alpha value is -2.79. The summed E-state index contributed by atoms with van der Waals surface area (Å²) in [4.78, 5) is 15.1. The minimum absolute atomic E-state index is 0.0429. The van der Waals surface area contributed by atoms with Gasteiger partial charge in [-0.25, -0.2) is 4.79 Å². The molecule has 5 heteroatoms. The molecule has 1 unspecified atom stereocenters. The van der Waals surface area contributed by atoms with Gasteiger partial charge in [0.1, 0.15) is 18.0 Å². The van der Waals surface area contributed by atoms with Gasteiger partial charge in [0.25, 0.3) is 0 Å². The van der Waals surface area contributed by atoms with Crippen LogP contribution in [0, 0.1) is 5.92 Å². The molecule has 2 aromatic rings. The molecule has 164 valence electrons. The maximum absolute atomic E-state index is 13.0. The van der Waals surface area contributed by atoms with Gasteiger partial charge in [-0.15, -0.1) is 0 Å². The highest BCUT2D eigenvalue weighted by molar-refractivity contribution is 5.92. The first-order valence-electron chi connectivity index (χ1n) is 11.3. The number of cyclic esters (lactones) is 1. The highest BCUT2D eigenvalue weighted by Crippen LogP contribution is 2.42. The van der Waals surface area contributed by atoms with E-state index < -0.39 is 5.60 Å². The summed E-state index contributed by atoms with van der Waals surface area (Å²) in [6, 6.07) is 17.0. The summed E-state index contributed by atoms with van der Waals surface area (Å²) in [6.07, 6.45) is 5.14. The van der Waals surface area contributed by atoms with Gasteiger partial charge >= 0.3 is 5.97 Å². The molecule has 0 bridgehead atoms. The number of likely N-dealkylation sites (N-methyl/N-ethyl adjacent to an activating group) is 1. The number of hydrogen-bond donors (Lipinski definition) is 2. The number of carbonyl (C=O) groups excluding carboxylic acids is 1. The van der Waals surface area contributed by atoms with Crippen LogP contribution in [0.15, 0.2) is 65.9 Å². The number of aliphatic hydroxyl groups is 1. The molecule has 0 amide bonds. The zero-order chi connectivity index (χ0) is 21.8. The van der Waals surface area contributed by atoms with Crippen LogP contribution in [0.5, 0.6) is 5.75 Å². The van der Waals surface area contributed by atoms with Gasteiger partial charge in [-0.3, -0.25) is 0 Å². The van der Waals surface area contributed by atoms with Crippen LogP contribution in [0.4, 0.5) is 5.69 Å². The molecule has 2 aromatic carbocycles. The first-order chi connectivity index (χ1) is 15.0. The van der Waals surface area contributed by atoms with Crippen LogP contribution in [-0.2, 0) is 16.0 Å². The lowest BCUT2D eigenvalue weighted by Gasteiger charge is -2.43. The number of rotatable bonds is 7. The Labute approximate surface area is 184 Å². The normalized spacial score (nSPS) is 21.9. The monoisotopic (exact) mass is 421 g/mol. The van der Waals surface area contributed by atoms with Gasteiger partial charge in [0.15, 0.2) is 0 Å². The molecule has 1 aliphatic carbocycles.